The van der Waals surface area contributed by atoms with Crippen molar-refractivity contribution in [2.24, 2.45) is 0 Å². The maximum atomic E-state index is 13.0. The van der Waals surface area contributed by atoms with Crippen LogP contribution >= 0.6 is 0 Å². The molecule has 1 aromatic carbocycles. The highest BCUT2D eigenvalue weighted by atomic mass is 16.6. The van der Waals surface area contributed by atoms with Crippen LogP contribution in [-0.2, 0) is 25.4 Å². The normalized spacial score (nSPS) is 13.6. The highest BCUT2D eigenvalue weighted by molar-refractivity contribution is 5.84. The Morgan fingerprint density at radius 1 is 1.00 bits per heavy atom. The predicted molar refractivity (Wildman–Crippen MR) is 138 cm³/mol. The van der Waals surface area contributed by atoms with Crippen molar-refractivity contribution in [3.63, 3.8) is 0 Å². The number of carbonyl (C=O) groups is 3. The molecule has 2 atom stereocenters. The Kier molecular flexibility index (Phi) is 11.9. The molecule has 0 radical (unpaired) electrons. The number of nitrogens with zero attached hydrogens (tertiary/aromatic N) is 1. The second kappa shape index (κ2) is 13.9. The minimum atomic E-state index is -1.63. The molecule has 202 valence electrons. The Labute approximate surface area is 214 Å². The van der Waals surface area contributed by atoms with Crippen LogP contribution in [0.5, 0.6) is 0 Å². The highest BCUT2D eigenvalue weighted by Crippen LogP contribution is 2.17. The lowest BCUT2D eigenvalue weighted by Crippen LogP contribution is -2.60. The molecule has 2 N–H and O–H groups in total. The first-order valence-electron chi connectivity index (χ1n) is 12.3. The summed E-state index contributed by atoms with van der Waals surface area (Å²) < 4.78 is 15.7. The average molecular weight is 507 g/mol. The summed E-state index contributed by atoms with van der Waals surface area (Å²) in [6.45, 7) is 13.6. The minimum absolute atomic E-state index is 0.000411. The number of hydrogen-bond donors (Lipinski definition) is 2. The van der Waals surface area contributed by atoms with Crippen LogP contribution < -0.4 is 5.43 Å². The van der Waals surface area contributed by atoms with Gasteiger partial charge in [0, 0.05) is 0 Å². The van der Waals surface area contributed by atoms with Gasteiger partial charge >= 0.3 is 18.2 Å². The molecule has 0 aliphatic rings. The number of aliphatic hydroxyl groups excluding tert-OH is 1. The zero-order valence-electron chi connectivity index (χ0n) is 22.8. The Bertz CT molecular complexity index is 883. The number of unbranched alkanes of at least 4 members (excludes halogenated alkanes) is 1. The summed E-state index contributed by atoms with van der Waals surface area (Å²) >= 11 is 0. The zero-order valence-corrected chi connectivity index (χ0v) is 22.8. The molecule has 9 nitrogen and oxygen atoms in total. The number of hydrogen-bond acceptors (Lipinski definition) is 7. The fourth-order valence-electron chi connectivity index (χ4n) is 3.06. The van der Waals surface area contributed by atoms with E-state index in [9.17, 15) is 19.5 Å². The first-order chi connectivity index (χ1) is 16.7. The number of aryl methyl sites for hydroxylation is 1. The number of hydrazine groups is 1. The van der Waals surface area contributed by atoms with Crippen molar-refractivity contribution in [1.29, 1.82) is 0 Å². The molecule has 2 amide bonds. The van der Waals surface area contributed by atoms with Gasteiger partial charge in [-0.25, -0.2) is 19.8 Å². The second-order valence-corrected chi connectivity index (χ2v) is 10.4. The minimum Gasteiger partial charge on any atom is -0.464 e. The van der Waals surface area contributed by atoms with Gasteiger partial charge in [0.15, 0.2) is 6.04 Å². The third-order valence-electron chi connectivity index (χ3n) is 4.62. The Morgan fingerprint density at radius 2 is 1.58 bits per heavy atom. The van der Waals surface area contributed by atoms with Crippen LogP contribution in [0.4, 0.5) is 9.59 Å². The molecule has 0 heterocycles. The molecule has 0 aliphatic carbocycles. The van der Waals surface area contributed by atoms with Gasteiger partial charge in [-0.2, -0.15) is 5.01 Å². The smallest absolute Gasteiger partial charge is 0.430 e. The number of nitrogens with one attached hydrogen (secondary N) is 1. The molecular weight excluding hydrogens is 464 g/mol. The third-order valence-corrected chi connectivity index (χ3v) is 4.62. The molecule has 0 saturated heterocycles. The molecule has 1 aromatic rings. The molecule has 0 saturated carbocycles. The van der Waals surface area contributed by atoms with E-state index in [2.05, 4.69) is 12.3 Å². The number of ether oxygens (including phenoxy) is 3. The SMILES string of the molecule is CCCCc1ccc(/C=C/[C@@H](O)[C@H](C(=O)OCC)N(NC(=O)OC(C)(C)C)C(=O)OC(C)(C)C)cc1. The summed E-state index contributed by atoms with van der Waals surface area (Å²) in [5.41, 5.74) is 2.43. The van der Waals surface area contributed by atoms with Crippen molar-refractivity contribution in [2.75, 3.05) is 6.61 Å². The topological polar surface area (TPSA) is 114 Å². The first-order valence-corrected chi connectivity index (χ1v) is 12.3. The van der Waals surface area contributed by atoms with Crippen LogP contribution in [0.15, 0.2) is 30.3 Å². The van der Waals surface area contributed by atoms with Gasteiger partial charge in [-0.1, -0.05) is 49.8 Å². The summed E-state index contributed by atoms with van der Waals surface area (Å²) in [4.78, 5) is 38.4. The van der Waals surface area contributed by atoms with Gasteiger partial charge in [0.2, 0.25) is 0 Å². The number of carbonyl (C=O) groups excluding carboxylic acids is 3. The van der Waals surface area contributed by atoms with Crippen molar-refractivity contribution in [1.82, 2.24) is 10.4 Å². The maximum Gasteiger partial charge on any atom is 0.430 e. The number of aliphatic hydroxyl groups is 1. The fourth-order valence-corrected chi connectivity index (χ4v) is 3.06. The molecule has 0 unspecified atom stereocenters. The van der Waals surface area contributed by atoms with E-state index < -0.39 is 41.5 Å². The second-order valence-electron chi connectivity index (χ2n) is 10.4. The van der Waals surface area contributed by atoms with Crippen LogP contribution in [0.3, 0.4) is 0 Å². The largest absolute Gasteiger partial charge is 0.464 e. The first kappa shape index (κ1) is 31.0. The Morgan fingerprint density at radius 3 is 2.08 bits per heavy atom. The quantitative estimate of drug-likeness (QED) is 0.275. The van der Waals surface area contributed by atoms with E-state index in [0.717, 1.165) is 24.8 Å². The molecular formula is C27H42N2O7. The third kappa shape index (κ3) is 11.6. The van der Waals surface area contributed by atoms with E-state index in [-0.39, 0.29) is 6.61 Å². The predicted octanol–water partition coefficient (Wildman–Crippen LogP) is 5.01. The highest BCUT2D eigenvalue weighted by Gasteiger charge is 2.40. The van der Waals surface area contributed by atoms with E-state index in [4.69, 9.17) is 14.2 Å². The lowest BCUT2D eigenvalue weighted by Gasteiger charge is -2.34. The lowest BCUT2D eigenvalue weighted by molar-refractivity contribution is -0.154. The Hall–Kier alpha value is -3.07. The summed E-state index contributed by atoms with van der Waals surface area (Å²) in [5.74, 6) is -0.925. The van der Waals surface area contributed by atoms with Crippen molar-refractivity contribution < 1.29 is 33.7 Å². The van der Waals surface area contributed by atoms with Crippen LogP contribution in [-0.4, -0.2) is 58.2 Å². The van der Waals surface area contributed by atoms with Crippen molar-refractivity contribution in [3.8, 4) is 0 Å². The summed E-state index contributed by atoms with van der Waals surface area (Å²) in [5, 5.41) is 11.6. The van der Waals surface area contributed by atoms with Gasteiger partial charge in [-0.3, -0.25) is 0 Å². The number of rotatable bonds is 9. The molecule has 9 heteroatoms. The molecule has 36 heavy (non-hydrogen) atoms. The zero-order chi connectivity index (χ0) is 27.5. The van der Waals surface area contributed by atoms with Crippen LogP contribution in [0.25, 0.3) is 6.08 Å². The van der Waals surface area contributed by atoms with E-state index in [1.165, 1.54) is 11.6 Å². The van der Waals surface area contributed by atoms with E-state index >= 15 is 0 Å². The summed E-state index contributed by atoms with van der Waals surface area (Å²) in [7, 11) is 0. The maximum absolute atomic E-state index is 13.0. The monoisotopic (exact) mass is 506 g/mol. The Balaban J connectivity index is 3.27. The van der Waals surface area contributed by atoms with Crippen LogP contribution in [0.1, 0.15) is 79.4 Å². The summed E-state index contributed by atoms with van der Waals surface area (Å²) in [6, 6.07) is 6.17. The number of benzene rings is 1. The molecule has 0 aromatic heterocycles. The van der Waals surface area contributed by atoms with Gasteiger partial charge in [0.1, 0.15) is 17.3 Å². The molecule has 0 aliphatic heterocycles. The number of amides is 2. The van der Waals surface area contributed by atoms with Crippen molar-refractivity contribution in [2.45, 2.75) is 98.0 Å². The van der Waals surface area contributed by atoms with Gasteiger partial charge in [-0.05, 0) is 72.4 Å². The van der Waals surface area contributed by atoms with E-state index in [1.54, 1.807) is 54.5 Å². The van der Waals surface area contributed by atoms with E-state index in [1.807, 2.05) is 24.3 Å². The standard InChI is InChI=1S/C27H42N2O7/c1-9-11-12-19-13-15-20(16-14-19)17-18-21(30)22(23(31)34-10-2)29(25(33)36-27(6,7)8)28-24(32)35-26(3,4)5/h13-18,21-22,30H,9-12H2,1-8H3,(H,28,32)/b18-17+/t21-,22-/m1/s1. The van der Waals surface area contributed by atoms with Gasteiger partial charge < -0.3 is 19.3 Å². The van der Waals surface area contributed by atoms with E-state index in [0.29, 0.717) is 5.01 Å². The molecule has 0 fully saturated rings. The van der Waals surface area contributed by atoms with Crippen molar-refractivity contribution in [3.05, 3.63) is 41.5 Å². The van der Waals surface area contributed by atoms with Gasteiger partial charge in [0.25, 0.3) is 0 Å². The average Bonchev–Trinajstić information content (AvgIpc) is 2.74. The van der Waals surface area contributed by atoms with Gasteiger partial charge in [0.05, 0.1) is 6.61 Å². The lowest BCUT2D eigenvalue weighted by atomic mass is 10.0. The summed E-state index contributed by atoms with van der Waals surface area (Å²) in [6.07, 6.45) is 2.58. The van der Waals surface area contributed by atoms with Crippen LogP contribution in [0, 0.1) is 0 Å². The van der Waals surface area contributed by atoms with Gasteiger partial charge in [-0.15, -0.1) is 0 Å². The van der Waals surface area contributed by atoms with Crippen LogP contribution in [0.2, 0.25) is 0 Å². The number of esters is 1. The van der Waals surface area contributed by atoms with Crippen molar-refractivity contribution >= 4 is 24.2 Å². The molecule has 0 bridgehead atoms. The molecule has 1 rings (SSSR count). The fraction of sp³-hybridized carbons (Fsp3) is 0.593. The molecule has 0 spiro atoms.